The highest BCUT2D eigenvalue weighted by molar-refractivity contribution is 7.98. The molecule has 0 aromatic heterocycles. The molecule has 0 atom stereocenters. The summed E-state index contributed by atoms with van der Waals surface area (Å²) in [6.45, 7) is 0. The third-order valence-corrected chi connectivity index (χ3v) is 3.05. The molecule has 1 aromatic rings. The summed E-state index contributed by atoms with van der Waals surface area (Å²) in [7, 11) is 0. The normalized spacial score (nSPS) is 11.8. The van der Waals surface area contributed by atoms with Crippen LogP contribution in [0.25, 0.3) is 0 Å². The van der Waals surface area contributed by atoms with E-state index in [1.807, 2.05) is 0 Å². The molecular weight excluding hydrogens is 264 g/mol. The van der Waals surface area contributed by atoms with Gasteiger partial charge in [0.25, 0.3) is 0 Å². The Kier molecular flexibility index (Phi) is 4.92. The van der Waals surface area contributed by atoms with Gasteiger partial charge in [0.1, 0.15) is 5.82 Å². The van der Waals surface area contributed by atoms with E-state index in [4.69, 9.17) is 11.6 Å². The lowest BCUT2D eigenvalue weighted by molar-refractivity contribution is -0.129. The van der Waals surface area contributed by atoms with Crippen LogP contribution >= 0.6 is 23.4 Å². The van der Waals surface area contributed by atoms with Gasteiger partial charge in [-0.15, -0.1) is 0 Å². The minimum Gasteiger partial charge on any atom is -0.207 e. The van der Waals surface area contributed by atoms with E-state index in [1.165, 1.54) is 12.1 Å². The Labute approximate surface area is 100.0 Å². The molecule has 0 radical (unpaired) electrons. The first-order chi connectivity index (χ1) is 7.38. The van der Waals surface area contributed by atoms with Gasteiger partial charge in [-0.2, -0.15) is 24.9 Å². The van der Waals surface area contributed by atoms with E-state index in [1.54, 1.807) is 0 Å². The summed E-state index contributed by atoms with van der Waals surface area (Å²) in [6.07, 6.45) is -5.00. The molecule has 1 rings (SSSR count). The highest BCUT2D eigenvalue weighted by Crippen LogP contribution is 2.25. The van der Waals surface area contributed by atoms with E-state index >= 15 is 0 Å². The maximum atomic E-state index is 13.2. The van der Waals surface area contributed by atoms with Crippen LogP contribution < -0.4 is 0 Å². The first-order valence-corrected chi connectivity index (χ1v) is 6.00. The number of benzene rings is 1. The summed E-state index contributed by atoms with van der Waals surface area (Å²) in [6, 6.07) is 4.16. The van der Waals surface area contributed by atoms with Crippen molar-refractivity contribution in [2.75, 3.05) is 5.75 Å². The van der Waals surface area contributed by atoms with E-state index in [0.717, 1.165) is 17.8 Å². The molecule has 0 aliphatic carbocycles. The lowest BCUT2D eigenvalue weighted by atomic mass is 10.2. The van der Waals surface area contributed by atoms with Crippen molar-refractivity contribution in [2.45, 2.75) is 18.3 Å². The van der Waals surface area contributed by atoms with Crippen molar-refractivity contribution in [2.24, 2.45) is 0 Å². The van der Waals surface area contributed by atoms with Gasteiger partial charge in [0.05, 0.1) is 6.42 Å². The van der Waals surface area contributed by atoms with Gasteiger partial charge < -0.3 is 0 Å². The molecule has 0 nitrogen and oxygen atoms in total. The lowest BCUT2D eigenvalue weighted by Gasteiger charge is -2.06. The molecule has 0 amide bonds. The second-order valence-corrected chi connectivity index (χ2v) is 4.70. The molecule has 0 bridgehead atoms. The molecule has 0 aliphatic heterocycles. The SMILES string of the molecule is Fc1cc(Cl)ccc1CSCCC(F)(F)F. The molecule has 0 unspecified atom stereocenters. The van der Waals surface area contributed by atoms with Crippen LogP contribution in [0.15, 0.2) is 18.2 Å². The van der Waals surface area contributed by atoms with Crippen LogP contribution in [-0.4, -0.2) is 11.9 Å². The zero-order valence-corrected chi connectivity index (χ0v) is 9.72. The smallest absolute Gasteiger partial charge is 0.207 e. The quantitative estimate of drug-likeness (QED) is 0.567. The van der Waals surface area contributed by atoms with Crippen LogP contribution in [0.4, 0.5) is 17.6 Å². The van der Waals surface area contributed by atoms with Gasteiger partial charge in [-0.05, 0) is 17.7 Å². The van der Waals surface area contributed by atoms with Gasteiger partial charge in [0.15, 0.2) is 0 Å². The maximum Gasteiger partial charge on any atom is 0.389 e. The maximum absolute atomic E-state index is 13.2. The first kappa shape index (κ1) is 13.6. The van der Waals surface area contributed by atoms with Crippen molar-refractivity contribution in [3.63, 3.8) is 0 Å². The fourth-order valence-electron chi connectivity index (χ4n) is 1.01. The van der Waals surface area contributed by atoms with Crippen LogP contribution in [0.1, 0.15) is 12.0 Å². The van der Waals surface area contributed by atoms with Gasteiger partial charge >= 0.3 is 6.18 Å². The van der Waals surface area contributed by atoms with Crippen molar-refractivity contribution in [3.05, 3.63) is 34.6 Å². The van der Waals surface area contributed by atoms with Crippen molar-refractivity contribution >= 4 is 23.4 Å². The molecule has 0 aliphatic rings. The van der Waals surface area contributed by atoms with Crippen LogP contribution in [0, 0.1) is 5.82 Å². The van der Waals surface area contributed by atoms with E-state index < -0.39 is 18.4 Å². The summed E-state index contributed by atoms with van der Waals surface area (Å²) < 4.78 is 48.6. The van der Waals surface area contributed by atoms with Crippen molar-refractivity contribution in [3.8, 4) is 0 Å². The molecule has 0 fully saturated rings. The number of rotatable bonds is 4. The minimum atomic E-state index is -4.15. The van der Waals surface area contributed by atoms with Crippen LogP contribution in [0.5, 0.6) is 0 Å². The first-order valence-electron chi connectivity index (χ1n) is 4.47. The summed E-state index contributed by atoms with van der Waals surface area (Å²) in [5, 5.41) is 0.279. The summed E-state index contributed by atoms with van der Waals surface area (Å²) in [5.41, 5.74) is 0.372. The van der Waals surface area contributed by atoms with Crippen molar-refractivity contribution < 1.29 is 17.6 Å². The van der Waals surface area contributed by atoms with Gasteiger partial charge in [0.2, 0.25) is 0 Å². The Morgan fingerprint density at radius 1 is 1.25 bits per heavy atom. The average molecular weight is 273 g/mol. The minimum absolute atomic E-state index is 0.0639. The Bertz CT molecular complexity index is 351. The second-order valence-electron chi connectivity index (χ2n) is 3.15. The topological polar surface area (TPSA) is 0 Å². The number of hydrogen-bond acceptors (Lipinski definition) is 1. The van der Waals surface area contributed by atoms with Crippen molar-refractivity contribution in [1.29, 1.82) is 0 Å². The molecule has 6 heteroatoms. The van der Waals surface area contributed by atoms with Crippen LogP contribution in [-0.2, 0) is 5.75 Å². The molecule has 0 N–H and O–H groups in total. The third kappa shape index (κ3) is 5.07. The predicted octanol–water partition coefficient (Wildman–Crippen LogP) is 4.66. The zero-order chi connectivity index (χ0) is 12.2. The number of halogens is 5. The highest BCUT2D eigenvalue weighted by Gasteiger charge is 2.26. The third-order valence-electron chi connectivity index (χ3n) is 1.80. The molecule has 0 saturated heterocycles. The Morgan fingerprint density at radius 3 is 2.50 bits per heavy atom. The lowest BCUT2D eigenvalue weighted by Crippen LogP contribution is -2.08. The summed E-state index contributed by atoms with van der Waals surface area (Å²) in [5.74, 6) is -0.322. The van der Waals surface area contributed by atoms with Crippen LogP contribution in [0.2, 0.25) is 5.02 Å². The van der Waals surface area contributed by atoms with Gasteiger partial charge in [0, 0.05) is 16.5 Å². The molecule has 0 heterocycles. The number of alkyl halides is 3. The predicted molar refractivity (Wildman–Crippen MR) is 58.2 cm³/mol. The zero-order valence-electron chi connectivity index (χ0n) is 8.15. The number of thioether (sulfide) groups is 1. The Balaban J connectivity index is 2.38. The fourth-order valence-corrected chi connectivity index (χ4v) is 2.14. The van der Waals surface area contributed by atoms with E-state index in [0.29, 0.717) is 5.56 Å². The van der Waals surface area contributed by atoms with E-state index in [9.17, 15) is 17.6 Å². The van der Waals surface area contributed by atoms with Gasteiger partial charge in [-0.1, -0.05) is 17.7 Å². The number of hydrogen-bond donors (Lipinski definition) is 0. The van der Waals surface area contributed by atoms with Crippen molar-refractivity contribution in [1.82, 2.24) is 0 Å². The summed E-state index contributed by atoms with van der Waals surface area (Å²) in [4.78, 5) is 0. The molecule has 90 valence electrons. The monoisotopic (exact) mass is 272 g/mol. The summed E-state index contributed by atoms with van der Waals surface area (Å²) >= 11 is 6.59. The van der Waals surface area contributed by atoms with E-state index in [-0.39, 0.29) is 16.5 Å². The second kappa shape index (κ2) is 5.77. The molecule has 0 saturated carbocycles. The largest absolute Gasteiger partial charge is 0.389 e. The highest BCUT2D eigenvalue weighted by atomic mass is 35.5. The molecule has 16 heavy (non-hydrogen) atoms. The Morgan fingerprint density at radius 2 is 1.94 bits per heavy atom. The average Bonchev–Trinajstić information content (AvgIpc) is 2.13. The van der Waals surface area contributed by atoms with E-state index in [2.05, 4.69) is 0 Å². The molecule has 0 spiro atoms. The van der Waals surface area contributed by atoms with Crippen LogP contribution in [0.3, 0.4) is 0 Å². The van der Waals surface area contributed by atoms with Gasteiger partial charge in [-0.25, -0.2) is 4.39 Å². The Hall–Kier alpha value is -0.420. The fraction of sp³-hybridized carbons (Fsp3) is 0.400. The standard InChI is InChI=1S/C10H9ClF4S/c11-8-2-1-7(9(12)5-8)6-16-4-3-10(13,14)15/h1-2,5H,3-4,6H2. The van der Waals surface area contributed by atoms with Gasteiger partial charge in [-0.3, -0.25) is 0 Å². The molecule has 1 aromatic carbocycles. The molecular formula is C10H9ClF4S.